The molecule has 1 saturated heterocycles. The molecule has 0 aromatic heterocycles. The molecule has 5 heteroatoms. The second kappa shape index (κ2) is 5.32. The van der Waals surface area contributed by atoms with Gasteiger partial charge in [0.2, 0.25) is 0 Å². The lowest BCUT2D eigenvalue weighted by molar-refractivity contribution is -0.195. The first-order valence-electron chi connectivity index (χ1n) is 8.72. The minimum absolute atomic E-state index is 0.0193. The fourth-order valence-electron chi connectivity index (χ4n) is 4.59. The number of halogens is 1. The van der Waals surface area contributed by atoms with Crippen LogP contribution in [0.1, 0.15) is 29.8 Å². The van der Waals surface area contributed by atoms with Gasteiger partial charge in [-0.15, -0.1) is 0 Å². The van der Waals surface area contributed by atoms with E-state index in [0.29, 0.717) is 0 Å². The molecule has 0 N–H and O–H groups in total. The van der Waals surface area contributed by atoms with Gasteiger partial charge in [0.25, 0.3) is 0 Å². The number of rotatable bonds is 3. The zero-order chi connectivity index (χ0) is 17.9. The van der Waals surface area contributed by atoms with Crippen molar-refractivity contribution in [2.45, 2.75) is 30.1 Å². The van der Waals surface area contributed by atoms with Gasteiger partial charge in [-0.2, -0.15) is 0 Å². The van der Waals surface area contributed by atoms with E-state index in [1.165, 1.54) is 0 Å². The second-order valence-electron chi connectivity index (χ2n) is 7.25. The summed E-state index contributed by atoms with van der Waals surface area (Å²) in [6, 6.07) is 19.1. The summed E-state index contributed by atoms with van der Waals surface area (Å²) in [5, 5.41) is 0. The first kappa shape index (κ1) is 15.9. The highest BCUT2D eigenvalue weighted by atomic mass is 19.1. The Morgan fingerprint density at radius 1 is 0.923 bits per heavy atom. The van der Waals surface area contributed by atoms with E-state index in [-0.39, 0.29) is 18.5 Å². The van der Waals surface area contributed by atoms with Crippen molar-refractivity contribution >= 4 is 12.1 Å². The summed E-state index contributed by atoms with van der Waals surface area (Å²) in [4.78, 5) is 23.5. The Morgan fingerprint density at radius 3 is 1.85 bits per heavy atom. The van der Waals surface area contributed by atoms with Crippen LogP contribution in [-0.2, 0) is 19.1 Å². The quantitative estimate of drug-likeness (QED) is 0.795. The molecule has 2 aliphatic carbocycles. The molecule has 2 aromatic rings. The van der Waals surface area contributed by atoms with Gasteiger partial charge in [-0.05, 0) is 11.1 Å². The summed E-state index contributed by atoms with van der Waals surface area (Å²) in [6.45, 7) is 0. The van der Waals surface area contributed by atoms with Crippen LogP contribution in [0.2, 0.25) is 0 Å². The summed E-state index contributed by atoms with van der Waals surface area (Å²) >= 11 is 0. The van der Waals surface area contributed by atoms with Crippen molar-refractivity contribution in [3.05, 3.63) is 71.8 Å². The molecule has 1 heterocycles. The summed E-state index contributed by atoms with van der Waals surface area (Å²) in [5.41, 5.74) is -0.377. The maximum absolute atomic E-state index is 14.8. The molecule has 4 nitrogen and oxygen atoms in total. The minimum Gasteiger partial charge on any atom is -0.338 e. The van der Waals surface area contributed by atoms with E-state index in [1.54, 1.807) is 0 Å². The average Bonchev–Trinajstić information content (AvgIpc) is 3.00. The van der Waals surface area contributed by atoms with Crippen LogP contribution in [0, 0.1) is 11.8 Å². The first-order chi connectivity index (χ1) is 12.6. The van der Waals surface area contributed by atoms with Gasteiger partial charge >= 0.3 is 0 Å². The molecule has 2 saturated carbocycles. The standard InChI is InChI=1S/C21H17FO4/c22-20(12-23)16-15(24)11-21(19(16)20)25-17(13-7-3-1-4-8-13)18(26-21)14-9-5-2-6-10-14/h1-10,12,16-19H,11H2/t16-,17-,18?,19+,20-,21?/m0/s1. The number of Topliss-reactive ketones (excluding diaryl/α,β-unsaturated/α-hetero) is 1. The molecule has 6 atom stereocenters. The van der Waals surface area contributed by atoms with Crippen LogP contribution in [0.15, 0.2) is 60.7 Å². The molecule has 3 aliphatic rings. The van der Waals surface area contributed by atoms with Crippen molar-refractivity contribution in [2.24, 2.45) is 11.8 Å². The zero-order valence-electron chi connectivity index (χ0n) is 13.9. The fourth-order valence-corrected chi connectivity index (χ4v) is 4.59. The predicted molar refractivity (Wildman–Crippen MR) is 89.8 cm³/mol. The summed E-state index contributed by atoms with van der Waals surface area (Å²) < 4.78 is 27.3. The highest BCUT2D eigenvalue weighted by Gasteiger charge is 2.84. The van der Waals surface area contributed by atoms with Crippen LogP contribution in [0.5, 0.6) is 0 Å². The third-order valence-electron chi connectivity index (χ3n) is 5.78. The maximum atomic E-state index is 14.8. The number of hydrogen-bond acceptors (Lipinski definition) is 4. The summed E-state index contributed by atoms with van der Waals surface area (Å²) in [7, 11) is 0. The Morgan fingerprint density at radius 2 is 1.42 bits per heavy atom. The molecule has 2 unspecified atom stereocenters. The van der Waals surface area contributed by atoms with Crippen molar-refractivity contribution in [3.63, 3.8) is 0 Å². The number of carbonyl (C=O) groups excluding carboxylic acids is 2. The Labute approximate surface area is 149 Å². The van der Waals surface area contributed by atoms with Gasteiger partial charge in [0.15, 0.2) is 17.7 Å². The van der Waals surface area contributed by atoms with E-state index in [9.17, 15) is 14.0 Å². The minimum atomic E-state index is -2.16. The first-order valence-corrected chi connectivity index (χ1v) is 8.72. The Balaban J connectivity index is 1.57. The van der Waals surface area contributed by atoms with E-state index in [4.69, 9.17) is 9.47 Å². The van der Waals surface area contributed by atoms with Gasteiger partial charge in [0, 0.05) is 0 Å². The van der Waals surface area contributed by atoms with Gasteiger partial charge < -0.3 is 9.47 Å². The number of fused-ring (bicyclic) bond motifs is 2. The third-order valence-corrected chi connectivity index (χ3v) is 5.78. The van der Waals surface area contributed by atoms with E-state index < -0.39 is 35.5 Å². The maximum Gasteiger partial charge on any atom is 0.184 e. The molecule has 132 valence electrons. The van der Waals surface area contributed by atoms with E-state index >= 15 is 0 Å². The Hall–Kier alpha value is -2.37. The number of benzene rings is 2. The van der Waals surface area contributed by atoms with Gasteiger partial charge in [0.05, 0.1) is 18.3 Å². The topological polar surface area (TPSA) is 52.6 Å². The number of carbonyl (C=O) groups is 2. The van der Waals surface area contributed by atoms with Crippen LogP contribution in [0.25, 0.3) is 0 Å². The summed E-state index contributed by atoms with van der Waals surface area (Å²) in [6.07, 6.45) is -0.723. The van der Waals surface area contributed by atoms with Crippen LogP contribution in [0.3, 0.4) is 0 Å². The summed E-state index contributed by atoms with van der Waals surface area (Å²) in [5.74, 6) is -3.48. The lowest BCUT2D eigenvalue weighted by atomic mass is 9.99. The molecule has 5 rings (SSSR count). The lowest BCUT2D eigenvalue weighted by Gasteiger charge is -2.25. The van der Waals surface area contributed by atoms with Gasteiger partial charge in [-0.1, -0.05) is 60.7 Å². The molecule has 2 aromatic carbocycles. The Kier molecular flexibility index (Phi) is 3.24. The van der Waals surface area contributed by atoms with E-state index in [0.717, 1.165) is 11.1 Å². The largest absolute Gasteiger partial charge is 0.338 e. The number of aldehydes is 1. The van der Waals surface area contributed by atoms with Crippen molar-refractivity contribution in [1.82, 2.24) is 0 Å². The molecule has 0 amide bonds. The molecule has 0 radical (unpaired) electrons. The van der Waals surface area contributed by atoms with E-state index in [2.05, 4.69) is 0 Å². The van der Waals surface area contributed by atoms with Crippen LogP contribution in [-0.4, -0.2) is 23.5 Å². The third kappa shape index (κ3) is 2.01. The average molecular weight is 352 g/mol. The molecular weight excluding hydrogens is 335 g/mol. The zero-order valence-corrected chi connectivity index (χ0v) is 13.9. The second-order valence-corrected chi connectivity index (χ2v) is 7.25. The van der Waals surface area contributed by atoms with Crippen LogP contribution < -0.4 is 0 Å². The predicted octanol–water partition coefficient (Wildman–Crippen LogP) is 3.34. The lowest BCUT2D eigenvalue weighted by Crippen LogP contribution is -2.37. The van der Waals surface area contributed by atoms with Crippen molar-refractivity contribution in [1.29, 1.82) is 0 Å². The van der Waals surface area contributed by atoms with Gasteiger partial charge in [-0.25, -0.2) is 4.39 Å². The van der Waals surface area contributed by atoms with Gasteiger partial charge in [-0.3, -0.25) is 9.59 Å². The highest BCUT2D eigenvalue weighted by Crippen LogP contribution is 2.70. The van der Waals surface area contributed by atoms with Gasteiger partial charge in [0.1, 0.15) is 18.0 Å². The highest BCUT2D eigenvalue weighted by molar-refractivity contribution is 5.97. The number of hydrogen-bond donors (Lipinski definition) is 0. The monoisotopic (exact) mass is 352 g/mol. The van der Waals surface area contributed by atoms with Crippen LogP contribution in [0.4, 0.5) is 4.39 Å². The molecule has 3 fully saturated rings. The van der Waals surface area contributed by atoms with Crippen molar-refractivity contribution < 1.29 is 23.5 Å². The molecule has 1 spiro atoms. The fraction of sp³-hybridized carbons (Fsp3) is 0.333. The molecule has 1 aliphatic heterocycles. The van der Waals surface area contributed by atoms with Crippen molar-refractivity contribution in [3.8, 4) is 0 Å². The number of ether oxygens (including phenoxy) is 2. The van der Waals surface area contributed by atoms with Crippen molar-refractivity contribution in [2.75, 3.05) is 0 Å². The Bertz CT molecular complexity index is 821. The molecular formula is C21H17FO4. The number of alkyl halides is 1. The molecule has 0 bridgehead atoms. The number of ketones is 1. The van der Waals surface area contributed by atoms with Crippen LogP contribution >= 0.6 is 0 Å². The SMILES string of the molecule is O=C[C@]1(F)[C@H]2C(=O)CC3(OC(c4ccccc4)[C@H](c4ccccc4)O3)[C@H]21. The normalized spacial score (nSPS) is 40.6. The molecule has 26 heavy (non-hydrogen) atoms. The smallest absolute Gasteiger partial charge is 0.184 e. The van der Waals surface area contributed by atoms with E-state index in [1.807, 2.05) is 60.7 Å².